The largest absolute Gasteiger partial charge is 0.378 e. The molecule has 1 saturated carbocycles. The van der Waals surface area contributed by atoms with Crippen LogP contribution in [0.2, 0.25) is 0 Å². The van der Waals surface area contributed by atoms with E-state index in [2.05, 4.69) is 44.2 Å². The second kappa shape index (κ2) is 3.39. The molecule has 0 heterocycles. The van der Waals surface area contributed by atoms with Crippen LogP contribution >= 0.6 is 0 Å². The Bertz CT molecular complexity index is 306. The average molecular weight is 190 g/mol. The van der Waals surface area contributed by atoms with Crippen molar-refractivity contribution < 1.29 is 4.74 Å². The van der Waals surface area contributed by atoms with Gasteiger partial charge in [-0.3, -0.25) is 0 Å². The lowest BCUT2D eigenvalue weighted by atomic mass is 9.94. The molecule has 0 bridgehead atoms. The minimum Gasteiger partial charge on any atom is -0.378 e. The minimum absolute atomic E-state index is 0.134. The van der Waals surface area contributed by atoms with Gasteiger partial charge in [-0.2, -0.15) is 0 Å². The van der Waals surface area contributed by atoms with Crippen LogP contribution in [0.15, 0.2) is 30.3 Å². The monoisotopic (exact) mass is 190 g/mol. The fourth-order valence-electron chi connectivity index (χ4n) is 2.31. The van der Waals surface area contributed by atoms with Crippen LogP contribution in [0.4, 0.5) is 0 Å². The Hall–Kier alpha value is -0.820. The van der Waals surface area contributed by atoms with E-state index in [-0.39, 0.29) is 5.60 Å². The van der Waals surface area contributed by atoms with Crippen molar-refractivity contribution in [1.82, 2.24) is 0 Å². The molecule has 2 rings (SSSR count). The van der Waals surface area contributed by atoms with Crippen molar-refractivity contribution in [3.63, 3.8) is 0 Å². The molecular formula is C13H18O. The summed E-state index contributed by atoms with van der Waals surface area (Å²) >= 11 is 0. The van der Waals surface area contributed by atoms with Gasteiger partial charge in [0, 0.05) is 7.11 Å². The van der Waals surface area contributed by atoms with Crippen molar-refractivity contribution >= 4 is 0 Å². The third-order valence-electron chi connectivity index (χ3n) is 3.64. The molecule has 14 heavy (non-hydrogen) atoms. The van der Waals surface area contributed by atoms with Crippen LogP contribution in [0, 0.1) is 5.92 Å². The van der Waals surface area contributed by atoms with Gasteiger partial charge < -0.3 is 4.74 Å². The standard InChI is InChI=1S/C13H18O/c1-10(11-7-5-4-6-8-11)12-9-13(12,2)14-3/h4-8,10,12H,9H2,1-3H3/t10-,12-,13+/m0/s1. The van der Waals surface area contributed by atoms with E-state index in [1.54, 1.807) is 0 Å². The molecule has 1 aliphatic carbocycles. The van der Waals surface area contributed by atoms with Gasteiger partial charge in [0.15, 0.2) is 0 Å². The lowest BCUT2D eigenvalue weighted by molar-refractivity contribution is 0.0783. The Balaban J connectivity index is 2.08. The molecular weight excluding hydrogens is 172 g/mol. The smallest absolute Gasteiger partial charge is 0.0689 e. The molecule has 1 aliphatic rings. The van der Waals surface area contributed by atoms with E-state index in [0.29, 0.717) is 11.8 Å². The molecule has 0 spiro atoms. The van der Waals surface area contributed by atoms with Crippen molar-refractivity contribution in [2.75, 3.05) is 7.11 Å². The molecule has 1 nitrogen and oxygen atoms in total. The number of hydrogen-bond donors (Lipinski definition) is 0. The predicted molar refractivity (Wildman–Crippen MR) is 58.4 cm³/mol. The molecule has 0 N–H and O–H groups in total. The zero-order chi connectivity index (χ0) is 10.2. The fraction of sp³-hybridized carbons (Fsp3) is 0.538. The van der Waals surface area contributed by atoms with Gasteiger partial charge in [-0.1, -0.05) is 37.3 Å². The Morgan fingerprint density at radius 3 is 2.50 bits per heavy atom. The van der Waals surface area contributed by atoms with E-state index in [0.717, 1.165) is 0 Å². The van der Waals surface area contributed by atoms with Gasteiger partial charge in [0.05, 0.1) is 5.60 Å². The molecule has 0 radical (unpaired) electrons. The highest BCUT2D eigenvalue weighted by Gasteiger charge is 2.53. The van der Waals surface area contributed by atoms with E-state index >= 15 is 0 Å². The van der Waals surface area contributed by atoms with Crippen LogP contribution in [-0.2, 0) is 4.74 Å². The molecule has 0 aromatic heterocycles. The Morgan fingerprint density at radius 2 is 2.00 bits per heavy atom. The molecule has 76 valence electrons. The van der Waals surface area contributed by atoms with Crippen molar-refractivity contribution in [2.24, 2.45) is 5.92 Å². The lowest BCUT2D eigenvalue weighted by Gasteiger charge is -2.15. The van der Waals surface area contributed by atoms with Crippen LogP contribution < -0.4 is 0 Å². The third-order valence-corrected chi connectivity index (χ3v) is 3.64. The van der Waals surface area contributed by atoms with E-state index in [1.165, 1.54) is 12.0 Å². The van der Waals surface area contributed by atoms with E-state index < -0.39 is 0 Å². The summed E-state index contributed by atoms with van der Waals surface area (Å²) < 4.78 is 5.50. The first kappa shape index (κ1) is 9.72. The summed E-state index contributed by atoms with van der Waals surface area (Å²) in [5, 5.41) is 0. The summed E-state index contributed by atoms with van der Waals surface area (Å²) in [6.07, 6.45) is 1.19. The molecule has 1 aromatic carbocycles. The maximum Gasteiger partial charge on any atom is 0.0689 e. The molecule has 0 amide bonds. The Morgan fingerprint density at radius 1 is 1.36 bits per heavy atom. The van der Waals surface area contributed by atoms with Gasteiger partial charge in [-0.25, -0.2) is 0 Å². The Labute approximate surface area is 86.1 Å². The van der Waals surface area contributed by atoms with Gasteiger partial charge in [0.25, 0.3) is 0 Å². The van der Waals surface area contributed by atoms with Gasteiger partial charge in [-0.05, 0) is 30.7 Å². The van der Waals surface area contributed by atoms with Crippen LogP contribution in [0.5, 0.6) is 0 Å². The van der Waals surface area contributed by atoms with Crippen LogP contribution in [-0.4, -0.2) is 12.7 Å². The first-order valence-electron chi connectivity index (χ1n) is 5.27. The van der Waals surface area contributed by atoms with Crippen molar-refractivity contribution in [1.29, 1.82) is 0 Å². The quantitative estimate of drug-likeness (QED) is 0.711. The Kier molecular flexibility index (Phi) is 2.36. The highest BCUT2D eigenvalue weighted by atomic mass is 16.5. The summed E-state index contributed by atoms with van der Waals surface area (Å²) in [6, 6.07) is 10.7. The third kappa shape index (κ3) is 1.57. The molecule has 0 aliphatic heterocycles. The van der Waals surface area contributed by atoms with Gasteiger partial charge >= 0.3 is 0 Å². The maximum absolute atomic E-state index is 5.50. The van der Waals surface area contributed by atoms with E-state index in [4.69, 9.17) is 4.74 Å². The average Bonchev–Trinajstić information content (AvgIpc) is 2.92. The highest BCUT2D eigenvalue weighted by molar-refractivity contribution is 5.24. The molecule has 1 fully saturated rings. The van der Waals surface area contributed by atoms with Crippen molar-refractivity contribution in [3.8, 4) is 0 Å². The van der Waals surface area contributed by atoms with Crippen LogP contribution in [0.1, 0.15) is 31.7 Å². The first-order valence-corrected chi connectivity index (χ1v) is 5.27. The van der Waals surface area contributed by atoms with Gasteiger partial charge in [0.2, 0.25) is 0 Å². The van der Waals surface area contributed by atoms with Crippen molar-refractivity contribution in [2.45, 2.75) is 31.8 Å². The molecule has 0 saturated heterocycles. The summed E-state index contributed by atoms with van der Waals surface area (Å²) in [5.41, 5.74) is 1.56. The number of rotatable bonds is 3. The molecule has 0 unspecified atom stereocenters. The summed E-state index contributed by atoms with van der Waals surface area (Å²) in [6.45, 7) is 4.50. The normalized spacial score (nSPS) is 32.6. The van der Waals surface area contributed by atoms with Gasteiger partial charge in [0.1, 0.15) is 0 Å². The number of benzene rings is 1. The zero-order valence-electron chi connectivity index (χ0n) is 9.16. The van der Waals surface area contributed by atoms with E-state index in [1.807, 2.05) is 7.11 Å². The summed E-state index contributed by atoms with van der Waals surface area (Å²) in [5.74, 6) is 1.30. The van der Waals surface area contributed by atoms with E-state index in [9.17, 15) is 0 Å². The summed E-state index contributed by atoms with van der Waals surface area (Å²) in [4.78, 5) is 0. The topological polar surface area (TPSA) is 9.23 Å². The minimum atomic E-state index is 0.134. The van der Waals surface area contributed by atoms with Gasteiger partial charge in [-0.15, -0.1) is 0 Å². The van der Waals surface area contributed by atoms with Crippen LogP contribution in [0.3, 0.4) is 0 Å². The second-order valence-corrected chi connectivity index (χ2v) is 4.53. The zero-order valence-corrected chi connectivity index (χ0v) is 9.16. The number of methoxy groups -OCH3 is 1. The first-order chi connectivity index (χ1) is 6.67. The maximum atomic E-state index is 5.50. The summed E-state index contributed by atoms with van der Waals surface area (Å²) in [7, 11) is 1.82. The van der Waals surface area contributed by atoms with Crippen LogP contribution in [0.25, 0.3) is 0 Å². The SMILES string of the molecule is CO[C@]1(C)C[C@H]1[C@@H](C)c1ccccc1. The fourth-order valence-corrected chi connectivity index (χ4v) is 2.31. The number of ether oxygens (including phenoxy) is 1. The molecule has 1 aromatic rings. The van der Waals surface area contributed by atoms with Crippen molar-refractivity contribution in [3.05, 3.63) is 35.9 Å². The highest BCUT2D eigenvalue weighted by Crippen LogP contribution is 2.53. The number of hydrogen-bond acceptors (Lipinski definition) is 1. The second-order valence-electron chi connectivity index (χ2n) is 4.53. The predicted octanol–water partition coefficient (Wildman–Crippen LogP) is 3.22. The molecule has 3 atom stereocenters. The lowest BCUT2D eigenvalue weighted by Crippen LogP contribution is -2.12. The molecule has 1 heteroatoms.